The van der Waals surface area contributed by atoms with Gasteiger partial charge in [-0.1, -0.05) is 68.9 Å². The number of hydrogen-bond donors (Lipinski definition) is 5. The third-order valence-electron chi connectivity index (χ3n) is 12.4. The van der Waals surface area contributed by atoms with Gasteiger partial charge in [-0.05, 0) is 79.8 Å². The van der Waals surface area contributed by atoms with Gasteiger partial charge in [0.05, 0.1) is 83.4 Å². The maximum atomic E-state index is 13.9. The van der Waals surface area contributed by atoms with Crippen molar-refractivity contribution in [3.8, 4) is 21.6 Å². The van der Waals surface area contributed by atoms with E-state index in [9.17, 15) is 29.1 Å². The minimum atomic E-state index is -0.985. The Morgan fingerprint density at radius 2 is 1.47 bits per heavy atom. The molecule has 1 saturated carbocycles. The summed E-state index contributed by atoms with van der Waals surface area (Å²) in [5, 5.41) is 22.3. The molecule has 2 aromatic carbocycles. The molecule has 5 amide bonds. The third-order valence-corrected chi connectivity index (χ3v) is 14.3. The van der Waals surface area contributed by atoms with E-state index in [1.54, 1.807) is 23.0 Å². The molecule has 1 aliphatic carbocycles. The van der Waals surface area contributed by atoms with Gasteiger partial charge in [-0.2, -0.15) is 0 Å². The number of aromatic nitrogens is 3. The molecule has 19 nitrogen and oxygen atoms in total. The predicted octanol–water partition coefficient (Wildman–Crippen LogP) is 6.79. The summed E-state index contributed by atoms with van der Waals surface area (Å²) < 4.78 is 28.6. The average molecular weight is 1040 g/mol. The number of rotatable bonds is 23. The topological polar surface area (TPSA) is 242 Å². The third kappa shape index (κ3) is 16.0. The summed E-state index contributed by atoms with van der Waals surface area (Å²) in [6.45, 7) is 10.2. The molecule has 3 atom stereocenters. The van der Waals surface area contributed by atoms with Gasteiger partial charge < -0.3 is 44.3 Å². The SMILES string of the molecule is Cc1ncc(-c2ccc3nc(NC(=O)COCCOCCOCCOCC(=O)N[C@H](C(=O)N4C[C@H](O)C[C@H]4C(=O)NCc4ccc(-c5scnc5C)cc4)C(C)(C)C)sc3c2)cc1NC(=O)OC1CCCCC1. The lowest BCUT2D eigenvalue weighted by molar-refractivity contribution is -0.144. The van der Waals surface area contributed by atoms with E-state index in [2.05, 4.69) is 36.2 Å². The molecule has 1 saturated heterocycles. The predicted molar refractivity (Wildman–Crippen MR) is 278 cm³/mol. The van der Waals surface area contributed by atoms with Crippen LogP contribution in [0.1, 0.15) is 76.2 Å². The van der Waals surface area contributed by atoms with E-state index >= 15 is 0 Å². The quantitative estimate of drug-likeness (QED) is 0.0423. The van der Waals surface area contributed by atoms with Crippen molar-refractivity contribution in [3.63, 3.8) is 0 Å². The van der Waals surface area contributed by atoms with Crippen LogP contribution in [0, 0.1) is 19.3 Å². The molecule has 2 aliphatic rings. The van der Waals surface area contributed by atoms with E-state index < -0.39 is 41.5 Å². The molecule has 4 heterocycles. The van der Waals surface area contributed by atoms with Gasteiger partial charge in [0, 0.05) is 31.3 Å². The lowest BCUT2D eigenvalue weighted by Gasteiger charge is -2.35. The fourth-order valence-electron chi connectivity index (χ4n) is 8.47. The zero-order chi connectivity index (χ0) is 51.9. The zero-order valence-electron chi connectivity index (χ0n) is 42.0. The Balaban J connectivity index is 0.739. The fourth-order valence-corrected chi connectivity index (χ4v) is 10.2. The molecule has 0 bridgehead atoms. The van der Waals surface area contributed by atoms with Crippen LogP contribution in [0.3, 0.4) is 0 Å². The summed E-state index contributed by atoms with van der Waals surface area (Å²) >= 11 is 2.90. The lowest BCUT2D eigenvalue weighted by atomic mass is 9.85. The number of aliphatic hydroxyl groups excluding tert-OH is 1. The van der Waals surface area contributed by atoms with Crippen molar-refractivity contribution in [2.24, 2.45) is 5.41 Å². The Hall–Kier alpha value is -5.94. The van der Waals surface area contributed by atoms with Crippen LogP contribution in [0.15, 0.2) is 60.2 Å². The largest absolute Gasteiger partial charge is 0.446 e. The number of carbonyl (C=O) groups excluding carboxylic acids is 5. The minimum absolute atomic E-state index is 0.0310. The number of carbonyl (C=O) groups is 5. The maximum absolute atomic E-state index is 13.9. The number of β-amino-alcohol motifs (C(OH)–C–C–N with tert-alkyl or cyclic N) is 1. The molecule has 2 fully saturated rings. The Kier molecular flexibility index (Phi) is 19.8. The number of likely N-dealkylation sites (tertiary alicyclic amines) is 1. The summed E-state index contributed by atoms with van der Waals surface area (Å²) in [7, 11) is 0. The Labute approximate surface area is 433 Å². The molecule has 21 heteroatoms. The number of nitrogens with zero attached hydrogens (tertiary/aromatic N) is 4. The van der Waals surface area contributed by atoms with Gasteiger partial charge in [0.1, 0.15) is 31.4 Å². The summed E-state index contributed by atoms with van der Waals surface area (Å²) in [6, 6.07) is 13.6. The molecule has 73 heavy (non-hydrogen) atoms. The first kappa shape index (κ1) is 54.8. The van der Waals surface area contributed by atoms with Gasteiger partial charge in [-0.3, -0.25) is 34.8 Å². The van der Waals surface area contributed by atoms with Crippen molar-refractivity contribution in [3.05, 3.63) is 77.2 Å². The number of aryl methyl sites for hydroxylation is 2. The molecule has 1 aliphatic heterocycles. The molecule has 5 N–H and O–H groups in total. The zero-order valence-corrected chi connectivity index (χ0v) is 43.7. The van der Waals surface area contributed by atoms with Crippen LogP contribution < -0.4 is 21.3 Å². The Bertz CT molecular complexity index is 2670. The van der Waals surface area contributed by atoms with E-state index in [1.165, 1.54) is 22.7 Å². The van der Waals surface area contributed by atoms with E-state index in [0.29, 0.717) is 16.5 Å². The molecular formula is C52H66N8O11S2. The van der Waals surface area contributed by atoms with Crippen LogP contribution in [-0.2, 0) is 49.4 Å². The normalized spacial score (nSPS) is 16.5. The minimum Gasteiger partial charge on any atom is -0.446 e. The van der Waals surface area contributed by atoms with Crippen molar-refractivity contribution in [1.29, 1.82) is 0 Å². The molecule has 0 spiro atoms. The molecule has 392 valence electrons. The first-order valence-electron chi connectivity index (χ1n) is 24.6. The summed E-state index contributed by atoms with van der Waals surface area (Å²) in [5.74, 6) is -1.71. The van der Waals surface area contributed by atoms with Crippen molar-refractivity contribution >= 4 is 73.4 Å². The number of anilines is 2. The van der Waals surface area contributed by atoms with Crippen LogP contribution in [0.2, 0.25) is 0 Å². The molecular weight excluding hydrogens is 977 g/mol. The van der Waals surface area contributed by atoms with Gasteiger partial charge in [0.25, 0.3) is 5.91 Å². The number of ether oxygens (including phenoxy) is 5. The summed E-state index contributed by atoms with van der Waals surface area (Å²) in [6.07, 6.45) is 5.50. The van der Waals surface area contributed by atoms with Crippen molar-refractivity contribution in [2.75, 3.05) is 70.0 Å². The first-order chi connectivity index (χ1) is 35.1. The lowest BCUT2D eigenvalue weighted by Crippen LogP contribution is -2.58. The van der Waals surface area contributed by atoms with Gasteiger partial charge >= 0.3 is 6.09 Å². The van der Waals surface area contributed by atoms with Gasteiger partial charge in [-0.25, -0.2) is 14.8 Å². The number of nitrogens with one attached hydrogen (secondary N) is 4. The smallest absolute Gasteiger partial charge is 0.411 e. The average Bonchev–Trinajstić information content (AvgIpc) is 4.10. The van der Waals surface area contributed by atoms with Crippen molar-refractivity contribution in [1.82, 2.24) is 30.5 Å². The fraction of sp³-hybridized carbons (Fsp3) is 0.500. The maximum Gasteiger partial charge on any atom is 0.411 e. The number of benzene rings is 2. The highest BCUT2D eigenvalue weighted by Crippen LogP contribution is 2.33. The van der Waals surface area contributed by atoms with E-state index in [0.717, 1.165) is 68.7 Å². The molecule has 0 radical (unpaired) electrons. The molecule has 7 rings (SSSR count). The van der Waals surface area contributed by atoms with E-state index in [-0.39, 0.29) is 90.3 Å². The monoisotopic (exact) mass is 1040 g/mol. The van der Waals surface area contributed by atoms with Crippen LogP contribution >= 0.6 is 22.7 Å². The second-order valence-corrected chi connectivity index (χ2v) is 21.1. The highest BCUT2D eigenvalue weighted by molar-refractivity contribution is 7.22. The van der Waals surface area contributed by atoms with Gasteiger partial charge in [0.15, 0.2) is 5.13 Å². The Morgan fingerprint density at radius 3 is 2.14 bits per heavy atom. The number of thiazole rings is 2. The van der Waals surface area contributed by atoms with Crippen LogP contribution in [0.25, 0.3) is 31.8 Å². The van der Waals surface area contributed by atoms with Crippen LogP contribution in [0.5, 0.6) is 0 Å². The van der Waals surface area contributed by atoms with Gasteiger partial charge in [-0.15, -0.1) is 11.3 Å². The number of pyridine rings is 1. The summed E-state index contributed by atoms with van der Waals surface area (Å²) in [5.41, 5.74) is 7.65. The number of aliphatic hydroxyl groups is 1. The van der Waals surface area contributed by atoms with Crippen molar-refractivity contribution < 1.29 is 52.8 Å². The second kappa shape index (κ2) is 26.3. The highest BCUT2D eigenvalue weighted by Gasteiger charge is 2.44. The molecule has 5 aromatic rings. The molecule has 3 aromatic heterocycles. The van der Waals surface area contributed by atoms with E-state index in [4.69, 9.17) is 23.7 Å². The number of fused-ring (bicyclic) bond motifs is 1. The van der Waals surface area contributed by atoms with Crippen molar-refractivity contribution in [2.45, 2.75) is 104 Å². The number of hydrogen-bond acceptors (Lipinski definition) is 16. The van der Waals surface area contributed by atoms with Crippen LogP contribution in [-0.4, -0.2) is 138 Å². The van der Waals surface area contributed by atoms with Gasteiger partial charge in [0.2, 0.25) is 17.7 Å². The number of amides is 5. The first-order valence-corrected chi connectivity index (χ1v) is 26.3. The summed E-state index contributed by atoms with van der Waals surface area (Å²) in [4.78, 5) is 81.4. The molecule has 0 unspecified atom stereocenters. The Morgan fingerprint density at radius 1 is 0.795 bits per heavy atom. The highest BCUT2D eigenvalue weighted by atomic mass is 32.1. The second-order valence-electron chi connectivity index (χ2n) is 19.2. The van der Waals surface area contributed by atoms with E-state index in [1.807, 2.05) is 83.1 Å². The standard InChI is InChI=1S/C52H66N8O11S2/c1-32-41(57-51(66)71-39-9-7-6-8-10-39)23-37(27-53-32)36-15-16-40-43(24-36)73-50(56-40)59-45(63)30-70-22-20-68-18-17-67-19-21-69-29-44(62)58-47(52(3,4)5)49(65)60-28-38(61)25-42(60)48(64)54-26-34-11-13-35(14-12-34)46-33(2)55-31-72-46/h11-16,23-24,27,31,38-39,42,47,61H,6-10,17-22,25-26,28-30H2,1-5H3,(H,54,64)(H,57,66)(H,58,62)(H,56,59,63)/t38-,42+,47-/m1/s1. The van der Waals surface area contributed by atoms with Crippen LogP contribution in [0.4, 0.5) is 15.6 Å².